The topological polar surface area (TPSA) is 70.7 Å². The van der Waals surface area contributed by atoms with Crippen LogP contribution in [0.3, 0.4) is 0 Å². The van der Waals surface area contributed by atoms with Gasteiger partial charge in [0, 0.05) is 18.8 Å². The van der Waals surface area contributed by atoms with Crippen LogP contribution < -0.4 is 15.5 Å². The summed E-state index contributed by atoms with van der Waals surface area (Å²) in [5.41, 5.74) is 3.08. The maximum Gasteiger partial charge on any atom is 0.239 e. The number of nitrogens with one attached hydrogen (secondary N) is 2. The van der Waals surface area contributed by atoms with E-state index >= 15 is 0 Å². The molecule has 0 radical (unpaired) electrons. The first kappa shape index (κ1) is 20.9. The van der Waals surface area contributed by atoms with Crippen LogP contribution >= 0.6 is 0 Å². The molecule has 6 heteroatoms. The van der Waals surface area contributed by atoms with Crippen LogP contribution in [-0.2, 0) is 14.3 Å². The number of hydrogen-bond donors (Lipinski definition) is 2. The zero-order chi connectivity index (χ0) is 21.0. The smallest absolute Gasteiger partial charge is 0.239 e. The molecule has 1 heterocycles. The van der Waals surface area contributed by atoms with Crippen molar-refractivity contribution in [2.24, 2.45) is 5.41 Å². The first-order chi connectivity index (χ1) is 13.8. The van der Waals surface area contributed by atoms with Crippen LogP contribution in [0.25, 0.3) is 0 Å². The first-order valence-corrected chi connectivity index (χ1v) is 9.91. The molecule has 0 aliphatic carbocycles. The minimum atomic E-state index is -1.24. The van der Waals surface area contributed by atoms with Gasteiger partial charge in [-0.25, -0.2) is 0 Å². The van der Waals surface area contributed by atoms with Crippen LogP contribution in [0.15, 0.2) is 42.5 Å². The molecule has 0 saturated carbocycles. The minimum Gasteiger partial charge on any atom is -0.378 e. The summed E-state index contributed by atoms with van der Waals surface area (Å²) >= 11 is 0. The highest BCUT2D eigenvalue weighted by molar-refractivity contribution is 6.14. The number of benzene rings is 2. The Bertz CT molecular complexity index is 882. The van der Waals surface area contributed by atoms with Crippen LogP contribution in [0.5, 0.6) is 0 Å². The van der Waals surface area contributed by atoms with Crippen molar-refractivity contribution in [3.63, 3.8) is 0 Å². The van der Waals surface area contributed by atoms with E-state index in [-0.39, 0.29) is 11.8 Å². The highest BCUT2D eigenvalue weighted by atomic mass is 16.5. The number of carbonyl (C=O) groups is 2. The molecule has 1 saturated heterocycles. The maximum atomic E-state index is 13.1. The summed E-state index contributed by atoms with van der Waals surface area (Å²) in [7, 11) is 0. The molecule has 29 heavy (non-hydrogen) atoms. The summed E-state index contributed by atoms with van der Waals surface area (Å²) in [6.45, 7) is 10.0. The largest absolute Gasteiger partial charge is 0.378 e. The fourth-order valence-electron chi connectivity index (χ4n) is 3.32. The van der Waals surface area contributed by atoms with E-state index in [4.69, 9.17) is 4.74 Å². The van der Waals surface area contributed by atoms with E-state index in [1.807, 2.05) is 56.3 Å². The van der Waals surface area contributed by atoms with Crippen molar-refractivity contribution in [3.8, 4) is 0 Å². The zero-order valence-electron chi connectivity index (χ0n) is 17.5. The van der Waals surface area contributed by atoms with Crippen molar-refractivity contribution in [1.29, 1.82) is 0 Å². The second-order valence-corrected chi connectivity index (χ2v) is 7.92. The van der Waals surface area contributed by atoms with E-state index in [0.717, 1.165) is 35.6 Å². The molecular formula is C23H29N3O3. The van der Waals surface area contributed by atoms with Crippen LogP contribution in [0.2, 0.25) is 0 Å². The molecule has 3 rings (SSSR count). The van der Waals surface area contributed by atoms with Gasteiger partial charge in [0.15, 0.2) is 0 Å². The Labute approximate surface area is 172 Å². The SMILES string of the molecule is Cc1cccc(C)c1NC(=O)C(C)(C)C(=O)Nc1ccccc1N1CCOCC1. The Morgan fingerprint density at radius 1 is 0.897 bits per heavy atom. The molecule has 154 valence electrons. The van der Waals surface area contributed by atoms with Crippen molar-refractivity contribution in [2.45, 2.75) is 27.7 Å². The van der Waals surface area contributed by atoms with Crippen LogP contribution in [0.4, 0.5) is 17.1 Å². The molecule has 1 fully saturated rings. The van der Waals surface area contributed by atoms with Gasteiger partial charge in [-0.2, -0.15) is 0 Å². The number of carbonyl (C=O) groups excluding carboxylic acids is 2. The van der Waals surface area contributed by atoms with Crippen LogP contribution in [0.1, 0.15) is 25.0 Å². The highest BCUT2D eigenvalue weighted by Gasteiger charge is 2.37. The Hall–Kier alpha value is -2.86. The Morgan fingerprint density at radius 3 is 2.14 bits per heavy atom. The van der Waals surface area contributed by atoms with E-state index in [0.29, 0.717) is 18.9 Å². The van der Waals surface area contributed by atoms with Crippen molar-refractivity contribution >= 4 is 28.9 Å². The van der Waals surface area contributed by atoms with Crippen LogP contribution in [0, 0.1) is 19.3 Å². The second-order valence-electron chi connectivity index (χ2n) is 7.92. The third-order valence-electron chi connectivity index (χ3n) is 5.36. The molecule has 2 aromatic rings. The standard InChI is InChI=1S/C23H29N3O3/c1-16-8-7-9-17(2)20(16)25-22(28)23(3,4)21(27)24-18-10-5-6-11-19(18)26-12-14-29-15-13-26/h5-11H,12-15H2,1-4H3,(H,24,27)(H,25,28). The van der Waals surface area contributed by atoms with Crippen molar-refractivity contribution in [3.05, 3.63) is 53.6 Å². The van der Waals surface area contributed by atoms with Crippen molar-refractivity contribution < 1.29 is 14.3 Å². The van der Waals surface area contributed by atoms with Gasteiger partial charge in [-0.15, -0.1) is 0 Å². The van der Waals surface area contributed by atoms with Crippen molar-refractivity contribution in [1.82, 2.24) is 0 Å². The van der Waals surface area contributed by atoms with Gasteiger partial charge < -0.3 is 20.3 Å². The van der Waals surface area contributed by atoms with E-state index in [1.165, 1.54) is 0 Å². The normalized spacial score (nSPS) is 14.4. The predicted molar refractivity (Wildman–Crippen MR) is 116 cm³/mol. The molecule has 2 N–H and O–H groups in total. The second kappa shape index (κ2) is 8.66. The molecule has 6 nitrogen and oxygen atoms in total. The summed E-state index contributed by atoms with van der Waals surface area (Å²) < 4.78 is 5.42. The summed E-state index contributed by atoms with van der Waals surface area (Å²) in [5, 5.41) is 5.90. The molecule has 0 unspecified atom stereocenters. The first-order valence-electron chi connectivity index (χ1n) is 9.91. The Balaban J connectivity index is 1.77. The summed E-state index contributed by atoms with van der Waals surface area (Å²) in [6, 6.07) is 13.5. The number of morpholine rings is 1. The molecule has 2 aromatic carbocycles. The number of para-hydroxylation sites is 3. The molecule has 0 aromatic heterocycles. The fraction of sp³-hybridized carbons (Fsp3) is 0.391. The molecule has 0 bridgehead atoms. The van der Waals surface area contributed by atoms with Gasteiger partial charge in [0.2, 0.25) is 11.8 Å². The average Bonchev–Trinajstić information content (AvgIpc) is 2.71. The van der Waals surface area contributed by atoms with Crippen LogP contribution in [-0.4, -0.2) is 38.1 Å². The van der Waals surface area contributed by atoms with E-state index in [1.54, 1.807) is 13.8 Å². The number of nitrogens with zero attached hydrogens (tertiary/aromatic N) is 1. The summed E-state index contributed by atoms with van der Waals surface area (Å²) in [4.78, 5) is 28.2. The number of ether oxygens (including phenoxy) is 1. The van der Waals surface area contributed by atoms with Gasteiger partial charge in [0.05, 0.1) is 24.6 Å². The Kier molecular flexibility index (Phi) is 6.23. The van der Waals surface area contributed by atoms with Gasteiger partial charge in [-0.05, 0) is 51.0 Å². The molecule has 1 aliphatic heterocycles. The van der Waals surface area contributed by atoms with E-state index in [9.17, 15) is 9.59 Å². The van der Waals surface area contributed by atoms with Gasteiger partial charge in [-0.1, -0.05) is 30.3 Å². The minimum absolute atomic E-state index is 0.337. The highest BCUT2D eigenvalue weighted by Crippen LogP contribution is 2.29. The lowest BCUT2D eigenvalue weighted by Gasteiger charge is -2.31. The zero-order valence-corrected chi connectivity index (χ0v) is 17.5. The molecule has 0 atom stereocenters. The summed E-state index contributed by atoms with van der Waals surface area (Å²) in [6.07, 6.45) is 0. The fourth-order valence-corrected chi connectivity index (χ4v) is 3.32. The quantitative estimate of drug-likeness (QED) is 0.757. The van der Waals surface area contributed by atoms with Crippen molar-refractivity contribution in [2.75, 3.05) is 41.8 Å². The third kappa shape index (κ3) is 4.59. The molecule has 0 spiro atoms. The number of rotatable bonds is 5. The predicted octanol–water partition coefficient (Wildman–Crippen LogP) is 3.74. The molecule has 1 aliphatic rings. The summed E-state index contributed by atoms with van der Waals surface area (Å²) in [5.74, 6) is -0.682. The number of anilines is 3. The lowest BCUT2D eigenvalue weighted by Crippen LogP contribution is -2.42. The van der Waals surface area contributed by atoms with Gasteiger partial charge in [-0.3, -0.25) is 9.59 Å². The molecule has 2 amide bonds. The van der Waals surface area contributed by atoms with E-state index < -0.39 is 5.41 Å². The number of aryl methyl sites for hydroxylation is 2. The lowest BCUT2D eigenvalue weighted by atomic mass is 9.90. The number of hydrogen-bond acceptors (Lipinski definition) is 4. The Morgan fingerprint density at radius 2 is 1.48 bits per heavy atom. The number of amides is 2. The lowest BCUT2D eigenvalue weighted by molar-refractivity contribution is -0.135. The maximum absolute atomic E-state index is 13.1. The van der Waals surface area contributed by atoms with Gasteiger partial charge in [0.1, 0.15) is 5.41 Å². The average molecular weight is 396 g/mol. The van der Waals surface area contributed by atoms with Gasteiger partial charge >= 0.3 is 0 Å². The van der Waals surface area contributed by atoms with E-state index in [2.05, 4.69) is 15.5 Å². The monoisotopic (exact) mass is 395 g/mol. The third-order valence-corrected chi connectivity index (χ3v) is 5.36. The van der Waals surface area contributed by atoms with Gasteiger partial charge in [0.25, 0.3) is 0 Å². The molecular weight excluding hydrogens is 366 g/mol.